The van der Waals surface area contributed by atoms with Gasteiger partial charge in [0, 0.05) is 30.6 Å². The van der Waals surface area contributed by atoms with Crippen LogP contribution >= 0.6 is 27.3 Å². The van der Waals surface area contributed by atoms with Gasteiger partial charge in [-0.2, -0.15) is 0 Å². The summed E-state index contributed by atoms with van der Waals surface area (Å²) >= 11 is 5.36. The third kappa shape index (κ3) is 5.82. The molecule has 0 aliphatic heterocycles. The maximum atomic E-state index is 6.30. The predicted octanol–water partition coefficient (Wildman–Crippen LogP) is 3.42. The molecule has 0 spiro atoms. The van der Waals surface area contributed by atoms with Crippen LogP contribution in [-0.4, -0.2) is 49.6 Å². The summed E-state index contributed by atoms with van der Waals surface area (Å²) in [4.78, 5) is 6.12. The number of nitrogens with zero attached hydrogens (tertiary/aromatic N) is 2. The normalized spacial score (nSPS) is 15.3. The average molecular weight is 362 g/mol. The molecule has 116 valence electrons. The summed E-state index contributed by atoms with van der Waals surface area (Å²) in [6, 6.07) is 4.75. The fourth-order valence-electron chi connectivity index (χ4n) is 2.40. The number of halogens is 1. The first-order valence-corrected chi connectivity index (χ1v) is 8.81. The van der Waals surface area contributed by atoms with Crippen LogP contribution in [0.5, 0.6) is 0 Å². The first kappa shape index (κ1) is 18.1. The van der Waals surface area contributed by atoms with Gasteiger partial charge in [0.2, 0.25) is 0 Å². The van der Waals surface area contributed by atoms with Crippen molar-refractivity contribution in [3.05, 3.63) is 20.8 Å². The van der Waals surface area contributed by atoms with Gasteiger partial charge in [-0.15, -0.1) is 11.3 Å². The van der Waals surface area contributed by atoms with Gasteiger partial charge in [0.15, 0.2) is 0 Å². The number of hydrogen-bond donors (Lipinski definition) is 1. The molecule has 0 aromatic carbocycles. The van der Waals surface area contributed by atoms with Gasteiger partial charge in [0.05, 0.1) is 9.83 Å². The largest absolute Gasteiger partial charge is 0.326 e. The van der Waals surface area contributed by atoms with Gasteiger partial charge >= 0.3 is 0 Å². The lowest BCUT2D eigenvalue weighted by Gasteiger charge is -2.35. The number of nitrogens with two attached hydrogens (primary N) is 1. The van der Waals surface area contributed by atoms with Gasteiger partial charge < -0.3 is 10.6 Å². The number of likely N-dealkylation sites (N-methyl/N-ethyl adjacent to an activating group) is 1. The van der Waals surface area contributed by atoms with Crippen LogP contribution in [0, 0.1) is 5.92 Å². The van der Waals surface area contributed by atoms with Crippen LogP contribution in [0.2, 0.25) is 0 Å². The van der Waals surface area contributed by atoms with Crippen molar-refractivity contribution >= 4 is 27.3 Å². The average Bonchev–Trinajstić information content (AvgIpc) is 2.71. The van der Waals surface area contributed by atoms with E-state index in [0.717, 1.165) is 19.6 Å². The standard InChI is InChI=1S/C15H28BrN3S/c1-11(2)10-19(9-8-18(4)5)15(12(3)17)13-6-7-14(16)20-13/h6-7,11-12,15H,8-10,17H2,1-5H3. The monoisotopic (exact) mass is 361 g/mol. The highest BCUT2D eigenvalue weighted by Gasteiger charge is 2.26. The lowest BCUT2D eigenvalue weighted by molar-refractivity contribution is 0.146. The highest BCUT2D eigenvalue weighted by molar-refractivity contribution is 9.11. The highest BCUT2D eigenvalue weighted by Crippen LogP contribution is 2.32. The minimum Gasteiger partial charge on any atom is -0.326 e. The second-order valence-corrected chi connectivity index (χ2v) is 8.63. The van der Waals surface area contributed by atoms with Crippen molar-refractivity contribution in [2.24, 2.45) is 11.7 Å². The smallest absolute Gasteiger partial charge is 0.0702 e. The van der Waals surface area contributed by atoms with Crippen molar-refractivity contribution in [2.45, 2.75) is 32.9 Å². The molecule has 0 aliphatic carbocycles. The first-order valence-electron chi connectivity index (χ1n) is 7.20. The molecule has 0 fully saturated rings. The lowest BCUT2D eigenvalue weighted by atomic mass is 10.0. The Morgan fingerprint density at radius 2 is 1.85 bits per heavy atom. The molecule has 0 saturated carbocycles. The van der Waals surface area contributed by atoms with E-state index in [9.17, 15) is 0 Å². The first-order chi connectivity index (χ1) is 9.31. The fourth-order valence-corrected chi connectivity index (χ4v) is 4.07. The molecule has 0 bridgehead atoms. The van der Waals surface area contributed by atoms with E-state index in [0.29, 0.717) is 12.0 Å². The van der Waals surface area contributed by atoms with Gasteiger partial charge in [-0.3, -0.25) is 4.90 Å². The molecule has 20 heavy (non-hydrogen) atoms. The summed E-state index contributed by atoms with van der Waals surface area (Å²) in [5, 5.41) is 0. The Morgan fingerprint density at radius 1 is 1.20 bits per heavy atom. The Bertz CT molecular complexity index is 390. The van der Waals surface area contributed by atoms with Gasteiger partial charge in [-0.25, -0.2) is 0 Å². The lowest BCUT2D eigenvalue weighted by Crippen LogP contribution is -2.43. The molecule has 2 unspecified atom stereocenters. The number of thiophene rings is 1. The molecule has 2 atom stereocenters. The molecule has 1 heterocycles. The molecule has 0 saturated heterocycles. The van der Waals surface area contributed by atoms with Gasteiger partial charge in [-0.05, 0) is 55.0 Å². The molecule has 0 aliphatic rings. The summed E-state index contributed by atoms with van der Waals surface area (Å²) in [5.41, 5.74) is 6.30. The molecule has 5 heteroatoms. The maximum absolute atomic E-state index is 6.30. The third-order valence-electron chi connectivity index (χ3n) is 3.21. The van der Waals surface area contributed by atoms with Crippen LogP contribution < -0.4 is 5.73 Å². The zero-order valence-electron chi connectivity index (χ0n) is 13.3. The van der Waals surface area contributed by atoms with Crippen molar-refractivity contribution in [1.29, 1.82) is 0 Å². The van der Waals surface area contributed by atoms with Crippen LogP contribution in [0.25, 0.3) is 0 Å². The van der Waals surface area contributed by atoms with Crippen molar-refractivity contribution in [1.82, 2.24) is 9.80 Å². The molecule has 1 aromatic rings. The summed E-state index contributed by atoms with van der Waals surface area (Å²) in [6.07, 6.45) is 0. The van der Waals surface area contributed by atoms with Crippen LogP contribution in [0.1, 0.15) is 31.7 Å². The molecule has 1 rings (SSSR count). The van der Waals surface area contributed by atoms with E-state index in [4.69, 9.17) is 5.73 Å². The summed E-state index contributed by atoms with van der Waals surface area (Å²) in [5.74, 6) is 0.641. The number of hydrogen-bond acceptors (Lipinski definition) is 4. The Balaban J connectivity index is 2.91. The van der Waals surface area contributed by atoms with E-state index in [1.807, 2.05) is 0 Å². The molecular weight excluding hydrogens is 334 g/mol. The van der Waals surface area contributed by atoms with E-state index in [-0.39, 0.29) is 6.04 Å². The zero-order valence-corrected chi connectivity index (χ0v) is 15.7. The minimum absolute atomic E-state index is 0.126. The Kier molecular flexibility index (Phi) is 7.69. The second-order valence-electron chi connectivity index (χ2n) is 6.14. The van der Waals surface area contributed by atoms with Gasteiger partial charge in [-0.1, -0.05) is 13.8 Å². The van der Waals surface area contributed by atoms with Crippen molar-refractivity contribution in [3.63, 3.8) is 0 Å². The predicted molar refractivity (Wildman–Crippen MR) is 93.4 cm³/mol. The third-order valence-corrected chi connectivity index (χ3v) is 4.91. The summed E-state index contributed by atoms with van der Waals surface area (Å²) < 4.78 is 1.18. The van der Waals surface area contributed by atoms with Crippen molar-refractivity contribution in [3.8, 4) is 0 Å². The molecule has 1 aromatic heterocycles. The molecule has 2 N–H and O–H groups in total. The molecule has 3 nitrogen and oxygen atoms in total. The van der Waals surface area contributed by atoms with E-state index < -0.39 is 0 Å². The quantitative estimate of drug-likeness (QED) is 0.769. The highest BCUT2D eigenvalue weighted by atomic mass is 79.9. The summed E-state index contributed by atoms with van der Waals surface area (Å²) in [7, 11) is 4.24. The van der Waals surface area contributed by atoms with Crippen LogP contribution in [-0.2, 0) is 0 Å². The van der Waals surface area contributed by atoms with E-state index in [2.05, 4.69) is 72.7 Å². The second kappa shape index (κ2) is 8.49. The topological polar surface area (TPSA) is 32.5 Å². The van der Waals surface area contributed by atoms with Crippen LogP contribution in [0.15, 0.2) is 15.9 Å². The minimum atomic E-state index is 0.126. The van der Waals surface area contributed by atoms with E-state index in [1.165, 1.54) is 8.66 Å². The zero-order chi connectivity index (χ0) is 15.3. The van der Waals surface area contributed by atoms with Crippen molar-refractivity contribution in [2.75, 3.05) is 33.7 Å². The van der Waals surface area contributed by atoms with Crippen LogP contribution in [0.3, 0.4) is 0 Å². The molecular formula is C15H28BrN3S. The van der Waals surface area contributed by atoms with Gasteiger partial charge in [0.1, 0.15) is 0 Å². The maximum Gasteiger partial charge on any atom is 0.0702 e. The molecule has 0 radical (unpaired) electrons. The Labute approximate surface area is 136 Å². The fraction of sp³-hybridized carbons (Fsp3) is 0.733. The van der Waals surface area contributed by atoms with Crippen LogP contribution in [0.4, 0.5) is 0 Å². The van der Waals surface area contributed by atoms with E-state index >= 15 is 0 Å². The van der Waals surface area contributed by atoms with E-state index in [1.54, 1.807) is 11.3 Å². The Hall–Kier alpha value is 0.0600. The molecule has 0 amide bonds. The van der Waals surface area contributed by atoms with Gasteiger partial charge in [0.25, 0.3) is 0 Å². The van der Waals surface area contributed by atoms with Crippen molar-refractivity contribution < 1.29 is 0 Å². The SMILES string of the molecule is CC(C)CN(CCN(C)C)C(c1ccc(Br)s1)C(C)N. The summed E-state index contributed by atoms with van der Waals surface area (Å²) in [6.45, 7) is 9.84. The number of rotatable bonds is 8. The Morgan fingerprint density at radius 3 is 2.25 bits per heavy atom.